The maximum Gasteiger partial charge on any atom is 0.341 e. The fraction of sp³-hybridized carbons (Fsp3) is 0.273. The number of benzene rings is 2. The molecule has 1 aliphatic heterocycles. The third-order valence-corrected chi connectivity index (χ3v) is 5.37. The SMILES string of the molecule is CCNc1ccc2c(c1)CN(c1cc3c(cc1F)c(=O)c(C(=O)O)cn3CC)C2. The molecule has 2 heterocycles. The summed E-state index contributed by atoms with van der Waals surface area (Å²) in [7, 11) is 0. The summed E-state index contributed by atoms with van der Waals surface area (Å²) in [6, 6.07) is 8.97. The normalized spacial score (nSPS) is 13.0. The van der Waals surface area contributed by atoms with Crippen molar-refractivity contribution in [2.75, 3.05) is 16.8 Å². The van der Waals surface area contributed by atoms with E-state index in [2.05, 4.69) is 11.4 Å². The molecule has 150 valence electrons. The first-order chi connectivity index (χ1) is 13.9. The van der Waals surface area contributed by atoms with Crippen LogP contribution in [-0.4, -0.2) is 22.2 Å². The number of carboxylic acids is 1. The van der Waals surface area contributed by atoms with Crippen LogP contribution in [0.25, 0.3) is 10.9 Å². The summed E-state index contributed by atoms with van der Waals surface area (Å²) in [5, 5.41) is 12.6. The minimum Gasteiger partial charge on any atom is -0.477 e. The number of aromatic nitrogens is 1. The molecule has 29 heavy (non-hydrogen) atoms. The van der Waals surface area contributed by atoms with Crippen LogP contribution in [0.3, 0.4) is 0 Å². The van der Waals surface area contributed by atoms with E-state index in [4.69, 9.17) is 0 Å². The van der Waals surface area contributed by atoms with Crippen LogP contribution in [0.1, 0.15) is 35.3 Å². The van der Waals surface area contributed by atoms with E-state index in [9.17, 15) is 19.1 Å². The van der Waals surface area contributed by atoms with Crippen molar-refractivity contribution in [2.24, 2.45) is 0 Å². The summed E-state index contributed by atoms with van der Waals surface area (Å²) < 4.78 is 16.7. The fourth-order valence-electron chi connectivity index (χ4n) is 3.93. The van der Waals surface area contributed by atoms with Crippen LogP contribution in [0.15, 0.2) is 41.3 Å². The first-order valence-corrected chi connectivity index (χ1v) is 9.63. The van der Waals surface area contributed by atoms with Gasteiger partial charge in [0.05, 0.1) is 11.2 Å². The largest absolute Gasteiger partial charge is 0.477 e. The molecular formula is C22H22FN3O3. The minimum atomic E-state index is -1.31. The summed E-state index contributed by atoms with van der Waals surface area (Å²) >= 11 is 0. The Labute approximate surface area is 167 Å². The second-order valence-electron chi connectivity index (χ2n) is 7.15. The number of fused-ring (bicyclic) bond motifs is 2. The number of nitrogens with one attached hydrogen (secondary N) is 1. The molecule has 0 spiro atoms. The van der Waals surface area contributed by atoms with Crippen LogP contribution in [0.5, 0.6) is 0 Å². The van der Waals surface area contributed by atoms with Crippen molar-refractivity contribution in [2.45, 2.75) is 33.5 Å². The zero-order valence-electron chi connectivity index (χ0n) is 16.3. The topological polar surface area (TPSA) is 74.6 Å². The van der Waals surface area contributed by atoms with Gasteiger partial charge in [0.2, 0.25) is 5.43 Å². The third-order valence-electron chi connectivity index (χ3n) is 5.37. The molecule has 2 aromatic carbocycles. The summed E-state index contributed by atoms with van der Waals surface area (Å²) in [5.74, 6) is -1.84. The standard InChI is InChI=1S/C22H22FN3O3/c1-3-24-15-6-5-13-10-26(11-14(13)7-15)20-9-19-16(8-18(20)23)21(27)17(22(28)29)12-25(19)4-2/h5-9,12,24H,3-4,10-11H2,1-2H3,(H,28,29). The number of carbonyl (C=O) groups is 1. The molecule has 0 fully saturated rings. The maximum atomic E-state index is 15.0. The minimum absolute atomic E-state index is 0.0825. The highest BCUT2D eigenvalue weighted by Crippen LogP contribution is 2.33. The Hall–Kier alpha value is -3.35. The molecule has 0 amide bonds. The van der Waals surface area contributed by atoms with E-state index in [1.165, 1.54) is 12.3 Å². The Morgan fingerprint density at radius 2 is 1.93 bits per heavy atom. The number of halogens is 1. The van der Waals surface area contributed by atoms with Gasteiger partial charge in [-0.05, 0) is 49.2 Å². The Kier molecular flexibility index (Phi) is 4.74. The molecule has 0 saturated carbocycles. The van der Waals surface area contributed by atoms with Gasteiger partial charge in [-0.15, -0.1) is 0 Å². The lowest BCUT2D eigenvalue weighted by Crippen LogP contribution is -2.21. The van der Waals surface area contributed by atoms with Crippen molar-refractivity contribution >= 4 is 28.2 Å². The van der Waals surface area contributed by atoms with Gasteiger partial charge in [-0.3, -0.25) is 4.79 Å². The zero-order chi connectivity index (χ0) is 20.7. The van der Waals surface area contributed by atoms with E-state index in [1.54, 1.807) is 10.6 Å². The highest BCUT2D eigenvalue weighted by Gasteiger charge is 2.24. The lowest BCUT2D eigenvalue weighted by Gasteiger charge is -2.20. The number of anilines is 2. The molecule has 0 radical (unpaired) electrons. The number of rotatable bonds is 5. The van der Waals surface area contributed by atoms with E-state index >= 15 is 0 Å². The summed E-state index contributed by atoms with van der Waals surface area (Å²) in [6.07, 6.45) is 1.33. The Balaban J connectivity index is 1.79. The van der Waals surface area contributed by atoms with Gasteiger partial charge in [-0.2, -0.15) is 0 Å². The molecule has 4 rings (SSSR count). The number of nitrogens with zero attached hydrogens (tertiary/aromatic N) is 2. The quantitative estimate of drug-likeness (QED) is 0.687. The van der Waals surface area contributed by atoms with Gasteiger partial charge in [0.1, 0.15) is 11.4 Å². The lowest BCUT2D eigenvalue weighted by molar-refractivity contribution is 0.0695. The molecule has 3 aromatic rings. The molecule has 0 atom stereocenters. The van der Waals surface area contributed by atoms with Crippen molar-refractivity contribution in [3.63, 3.8) is 0 Å². The predicted molar refractivity (Wildman–Crippen MR) is 111 cm³/mol. The summed E-state index contributed by atoms with van der Waals surface area (Å²) in [4.78, 5) is 25.8. The van der Waals surface area contributed by atoms with Crippen LogP contribution < -0.4 is 15.6 Å². The van der Waals surface area contributed by atoms with Crippen LogP contribution >= 0.6 is 0 Å². The number of aryl methyl sites for hydroxylation is 1. The van der Waals surface area contributed by atoms with E-state index in [-0.39, 0.29) is 10.9 Å². The molecule has 0 aliphatic carbocycles. The second-order valence-corrected chi connectivity index (χ2v) is 7.15. The van der Waals surface area contributed by atoms with Crippen molar-refractivity contribution in [1.82, 2.24) is 4.57 Å². The summed E-state index contributed by atoms with van der Waals surface area (Å²) in [5.41, 5.74) is 3.23. The maximum absolute atomic E-state index is 15.0. The predicted octanol–water partition coefficient (Wildman–Crippen LogP) is 3.81. The number of aromatic carboxylic acids is 1. The second kappa shape index (κ2) is 7.24. The first kappa shape index (κ1) is 19.0. The van der Waals surface area contributed by atoms with Crippen LogP contribution in [0, 0.1) is 5.82 Å². The van der Waals surface area contributed by atoms with Crippen molar-refractivity contribution in [1.29, 1.82) is 0 Å². The monoisotopic (exact) mass is 395 g/mol. The van der Waals surface area contributed by atoms with E-state index in [0.29, 0.717) is 30.8 Å². The van der Waals surface area contributed by atoms with E-state index < -0.39 is 17.2 Å². The molecule has 6 nitrogen and oxygen atoms in total. The van der Waals surface area contributed by atoms with Crippen LogP contribution in [0.2, 0.25) is 0 Å². The van der Waals surface area contributed by atoms with Crippen molar-refractivity contribution in [3.05, 3.63) is 69.3 Å². The van der Waals surface area contributed by atoms with Gasteiger partial charge in [-0.25, -0.2) is 9.18 Å². The lowest BCUT2D eigenvalue weighted by atomic mass is 10.1. The molecular weight excluding hydrogens is 373 g/mol. The van der Waals surface area contributed by atoms with Gasteiger partial charge in [0, 0.05) is 43.4 Å². The van der Waals surface area contributed by atoms with Crippen LogP contribution in [0.4, 0.5) is 15.8 Å². The van der Waals surface area contributed by atoms with Gasteiger partial charge < -0.3 is 19.9 Å². The van der Waals surface area contributed by atoms with E-state index in [0.717, 1.165) is 23.4 Å². The van der Waals surface area contributed by atoms with Crippen molar-refractivity contribution in [3.8, 4) is 0 Å². The number of carboxylic acid groups (broad SMARTS) is 1. The molecule has 0 bridgehead atoms. The van der Waals surface area contributed by atoms with E-state index in [1.807, 2.05) is 30.9 Å². The van der Waals surface area contributed by atoms with Crippen LogP contribution in [-0.2, 0) is 19.6 Å². The average molecular weight is 395 g/mol. The summed E-state index contributed by atoms with van der Waals surface area (Å²) in [6.45, 7) is 6.33. The average Bonchev–Trinajstić information content (AvgIpc) is 3.11. The third kappa shape index (κ3) is 3.22. The van der Waals surface area contributed by atoms with Gasteiger partial charge in [0.25, 0.3) is 0 Å². The Bertz CT molecular complexity index is 1190. The molecule has 7 heteroatoms. The van der Waals surface area contributed by atoms with Gasteiger partial charge in [0.15, 0.2) is 0 Å². The highest BCUT2D eigenvalue weighted by atomic mass is 19.1. The molecule has 2 N–H and O–H groups in total. The van der Waals surface area contributed by atoms with Gasteiger partial charge >= 0.3 is 5.97 Å². The Morgan fingerprint density at radius 1 is 1.17 bits per heavy atom. The number of hydrogen-bond acceptors (Lipinski definition) is 4. The highest BCUT2D eigenvalue weighted by molar-refractivity contribution is 5.93. The smallest absolute Gasteiger partial charge is 0.341 e. The number of hydrogen-bond donors (Lipinski definition) is 2. The van der Waals surface area contributed by atoms with Crippen molar-refractivity contribution < 1.29 is 14.3 Å². The molecule has 1 aromatic heterocycles. The first-order valence-electron chi connectivity index (χ1n) is 9.63. The number of pyridine rings is 1. The van der Waals surface area contributed by atoms with Gasteiger partial charge in [-0.1, -0.05) is 6.07 Å². The molecule has 1 aliphatic rings. The Morgan fingerprint density at radius 3 is 2.62 bits per heavy atom. The molecule has 0 saturated heterocycles. The molecule has 0 unspecified atom stereocenters. The zero-order valence-corrected chi connectivity index (χ0v) is 16.3. The fourth-order valence-corrected chi connectivity index (χ4v) is 3.93.